The number of allylic oxidation sites excluding steroid dienone is 2. The lowest BCUT2D eigenvalue weighted by atomic mass is 9.76. The third-order valence-corrected chi connectivity index (χ3v) is 2.54. The van der Waals surface area contributed by atoms with Crippen molar-refractivity contribution in [2.45, 2.75) is 26.4 Å². The van der Waals surface area contributed by atoms with Crippen LogP contribution < -0.4 is 0 Å². The van der Waals surface area contributed by atoms with E-state index in [1.807, 2.05) is 19.9 Å². The zero-order chi connectivity index (χ0) is 9.14. The van der Waals surface area contributed by atoms with Crippen LogP contribution in [-0.4, -0.2) is 6.17 Å². The molecule has 0 saturated carbocycles. The van der Waals surface area contributed by atoms with Gasteiger partial charge in [-0.1, -0.05) is 26.0 Å². The molecule has 0 heterocycles. The lowest BCUT2D eigenvalue weighted by Crippen LogP contribution is -2.28. The highest BCUT2D eigenvalue weighted by atomic mass is 19.1. The molecule has 0 radical (unpaired) electrons. The summed E-state index contributed by atoms with van der Waals surface area (Å²) in [6.45, 7) is 4.09. The predicted octanol–water partition coefficient (Wildman–Crippen LogP) is 2.70. The first-order valence-corrected chi connectivity index (χ1v) is 4.37. The number of hydrogen-bond acceptors (Lipinski definition) is 1. The third-order valence-electron chi connectivity index (χ3n) is 2.54. The Morgan fingerprint density at radius 2 is 2.25 bits per heavy atom. The summed E-state index contributed by atoms with van der Waals surface area (Å²) in [4.78, 5) is 0. The summed E-state index contributed by atoms with van der Waals surface area (Å²) >= 11 is 0. The number of alkyl halides is 1. The lowest BCUT2D eigenvalue weighted by molar-refractivity contribution is 0.197. The molecule has 0 bridgehead atoms. The molecule has 0 fully saturated rings. The molecule has 0 spiro atoms. The van der Waals surface area contributed by atoms with E-state index in [0.29, 0.717) is 5.92 Å². The Morgan fingerprint density at radius 1 is 1.58 bits per heavy atom. The predicted molar refractivity (Wildman–Crippen MR) is 46.1 cm³/mol. The molecule has 2 heteroatoms. The number of rotatable bonds is 1. The highest BCUT2D eigenvalue weighted by Gasteiger charge is 2.32. The minimum atomic E-state index is -1.06. The Balaban J connectivity index is 2.76. The summed E-state index contributed by atoms with van der Waals surface area (Å²) < 4.78 is 13.1. The minimum absolute atomic E-state index is 0.190. The van der Waals surface area contributed by atoms with E-state index in [-0.39, 0.29) is 5.92 Å². The Bertz CT molecular complexity index is 214. The van der Waals surface area contributed by atoms with Crippen LogP contribution in [0.2, 0.25) is 0 Å². The first-order valence-electron chi connectivity index (χ1n) is 4.37. The van der Waals surface area contributed by atoms with Gasteiger partial charge in [-0.15, -0.1) is 0 Å². The molecule has 0 aromatic carbocycles. The van der Waals surface area contributed by atoms with Crippen LogP contribution in [0.5, 0.6) is 0 Å². The molecule has 0 saturated heterocycles. The Hall–Kier alpha value is -0.840. The maximum atomic E-state index is 13.1. The molecular formula is C10H14FN. The van der Waals surface area contributed by atoms with Gasteiger partial charge >= 0.3 is 0 Å². The van der Waals surface area contributed by atoms with Gasteiger partial charge in [-0.3, -0.25) is 0 Å². The van der Waals surface area contributed by atoms with E-state index in [9.17, 15) is 4.39 Å². The monoisotopic (exact) mass is 167 g/mol. The van der Waals surface area contributed by atoms with Crippen molar-refractivity contribution < 1.29 is 4.39 Å². The molecule has 1 aliphatic carbocycles. The van der Waals surface area contributed by atoms with Crippen molar-refractivity contribution in [1.29, 1.82) is 5.26 Å². The average Bonchev–Trinajstić information content (AvgIpc) is 2.03. The zero-order valence-corrected chi connectivity index (χ0v) is 7.50. The second-order valence-corrected chi connectivity index (χ2v) is 3.67. The van der Waals surface area contributed by atoms with Crippen molar-refractivity contribution in [3.05, 3.63) is 12.2 Å². The molecular weight excluding hydrogens is 153 g/mol. The number of hydrogen-bond donors (Lipinski definition) is 0. The maximum absolute atomic E-state index is 13.1. The molecule has 0 aromatic rings. The fraction of sp³-hybridized carbons (Fsp3) is 0.700. The van der Waals surface area contributed by atoms with E-state index in [0.717, 1.165) is 6.42 Å². The fourth-order valence-corrected chi connectivity index (χ4v) is 1.72. The van der Waals surface area contributed by atoms with E-state index in [1.54, 1.807) is 0 Å². The molecule has 1 rings (SSSR count). The van der Waals surface area contributed by atoms with E-state index >= 15 is 0 Å². The quantitative estimate of drug-likeness (QED) is 0.551. The SMILES string of the molecule is CC(C)C1CC=CC(F)C1C#N. The van der Waals surface area contributed by atoms with E-state index in [1.165, 1.54) is 6.08 Å². The molecule has 0 amide bonds. The van der Waals surface area contributed by atoms with Crippen LogP contribution in [-0.2, 0) is 0 Å². The van der Waals surface area contributed by atoms with Gasteiger partial charge in [0.2, 0.25) is 0 Å². The van der Waals surface area contributed by atoms with Gasteiger partial charge in [-0.2, -0.15) is 5.26 Å². The van der Waals surface area contributed by atoms with Gasteiger partial charge in [0.05, 0.1) is 12.0 Å². The highest BCUT2D eigenvalue weighted by molar-refractivity contribution is 5.08. The number of halogens is 1. The Labute approximate surface area is 72.9 Å². The molecule has 3 atom stereocenters. The second-order valence-electron chi connectivity index (χ2n) is 3.67. The highest BCUT2D eigenvalue weighted by Crippen LogP contribution is 2.32. The van der Waals surface area contributed by atoms with Gasteiger partial charge in [0.1, 0.15) is 6.17 Å². The lowest BCUT2D eigenvalue weighted by Gasteiger charge is -2.28. The standard InChI is InChI=1S/C10H14FN/c1-7(2)8-4-3-5-10(11)9(8)6-12/h3,5,7-10H,4H2,1-2H3. The molecule has 0 aliphatic heterocycles. The Kier molecular flexibility index (Phi) is 2.86. The van der Waals surface area contributed by atoms with Crippen LogP contribution in [0.15, 0.2) is 12.2 Å². The second kappa shape index (κ2) is 3.71. The van der Waals surface area contributed by atoms with Crippen molar-refractivity contribution in [3.63, 3.8) is 0 Å². The van der Waals surface area contributed by atoms with Crippen LogP contribution in [0, 0.1) is 29.1 Å². The zero-order valence-electron chi connectivity index (χ0n) is 7.50. The summed E-state index contributed by atoms with van der Waals surface area (Å²) in [6.07, 6.45) is 3.14. The summed E-state index contributed by atoms with van der Waals surface area (Å²) in [7, 11) is 0. The van der Waals surface area contributed by atoms with Crippen LogP contribution in [0.1, 0.15) is 20.3 Å². The van der Waals surface area contributed by atoms with Gasteiger partial charge in [0.25, 0.3) is 0 Å². The van der Waals surface area contributed by atoms with Gasteiger partial charge in [0, 0.05) is 0 Å². The largest absolute Gasteiger partial charge is 0.241 e. The first kappa shape index (κ1) is 9.25. The van der Waals surface area contributed by atoms with Gasteiger partial charge < -0.3 is 0 Å². The van der Waals surface area contributed by atoms with Crippen molar-refractivity contribution in [3.8, 4) is 6.07 Å². The summed E-state index contributed by atoms with van der Waals surface area (Å²) in [5, 5.41) is 8.76. The van der Waals surface area contributed by atoms with Crippen LogP contribution >= 0.6 is 0 Å². The maximum Gasteiger partial charge on any atom is 0.134 e. The van der Waals surface area contributed by atoms with Crippen LogP contribution in [0.25, 0.3) is 0 Å². The van der Waals surface area contributed by atoms with Crippen LogP contribution in [0.3, 0.4) is 0 Å². The van der Waals surface area contributed by atoms with Gasteiger partial charge in [0.15, 0.2) is 0 Å². The molecule has 0 aromatic heterocycles. The fourth-order valence-electron chi connectivity index (χ4n) is 1.72. The summed E-state index contributed by atoms with van der Waals surface area (Å²) in [6, 6.07) is 2.06. The number of nitrogens with zero attached hydrogens (tertiary/aromatic N) is 1. The molecule has 3 unspecified atom stereocenters. The van der Waals surface area contributed by atoms with Crippen molar-refractivity contribution in [2.75, 3.05) is 0 Å². The molecule has 66 valence electrons. The molecule has 0 N–H and O–H groups in total. The van der Waals surface area contributed by atoms with Crippen molar-refractivity contribution in [2.24, 2.45) is 17.8 Å². The smallest absolute Gasteiger partial charge is 0.134 e. The molecule has 1 nitrogen and oxygen atoms in total. The summed E-state index contributed by atoms with van der Waals surface area (Å²) in [5.74, 6) is 0.142. The van der Waals surface area contributed by atoms with E-state index in [2.05, 4.69) is 6.07 Å². The Morgan fingerprint density at radius 3 is 2.67 bits per heavy atom. The van der Waals surface area contributed by atoms with Gasteiger partial charge in [-0.05, 0) is 18.3 Å². The average molecular weight is 167 g/mol. The van der Waals surface area contributed by atoms with E-state index in [4.69, 9.17) is 5.26 Å². The normalized spacial score (nSPS) is 35.1. The summed E-state index contributed by atoms with van der Waals surface area (Å²) in [5.41, 5.74) is 0. The minimum Gasteiger partial charge on any atom is -0.241 e. The third kappa shape index (κ3) is 1.66. The topological polar surface area (TPSA) is 23.8 Å². The van der Waals surface area contributed by atoms with Crippen LogP contribution in [0.4, 0.5) is 4.39 Å². The van der Waals surface area contributed by atoms with E-state index < -0.39 is 12.1 Å². The number of nitriles is 1. The van der Waals surface area contributed by atoms with Crippen molar-refractivity contribution in [1.82, 2.24) is 0 Å². The van der Waals surface area contributed by atoms with Crippen molar-refractivity contribution >= 4 is 0 Å². The first-order chi connectivity index (χ1) is 5.66. The molecule has 12 heavy (non-hydrogen) atoms. The van der Waals surface area contributed by atoms with Gasteiger partial charge in [-0.25, -0.2) is 4.39 Å². The molecule has 1 aliphatic rings.